The van der Waals surface area contributed by atoms with E-state index in [1.54, 1.807) is 0 Å². The fourth-order valence-corrected chi connectivity index (χ4v) is 8.75. The molecule has 4 atom stereocenters. The van der Waals surface area contributed by atoms with Crippen molar-refractivity contribution in [2.45, 2.75) is 70.6 Å². The van der Waals surface area contributed by atoms with Crippen molar-refractivity contribution in [3.63, 3.8) is 0 Å². The molecular weight excluding hydrogens is 401 g/mol. The van der Waals surface area contributed by atoms with Gasteiger partial charge in [-0.1, -0.05) is 84.4 Å². The topological polar surface area (TPSA) is 14.1 Å². The van der Waals surface area contributed by atoms with Crippen LogP contribution in [-0.2, 0) is 17.0 Å². The monoisotopic (exact) mass is 434 g/mol. The molecule has 0 bridgehead atoms. The summed E-state index contributed by atoms with van der Waals surface area (Å²) in [6, 6.07) is 0. The van der Waals surface area contributed by atoms with Crippen molar-refractivity contribution in [3.05, 3.63) is 41.9 Å². The Morgan fingerprint density at radius 3 is 2.28 bits per heavy atom. The van der Waals surface area contributed by atoms with Crippen LogP contribution >= 0.6 is 18.6 Å². The van der Waals surface area contributed by atoms with Crippen LogP contribution in [0.4, 0.5) is 0 Å². The molecule has 2 rings (SSSR count). The zero-order valence-corrected chi connectivity index (χ0v) is 20.5. The minimum absolute atomic E-state index is 0.0976. The van der Waals surface area contributed by atoms with Gasteiger partial charge in [0.15, 0.2) is 0 Å². The van der Waals surface area contributed by atoms with E-state index >= 15 is 0 Å². The molecule has 0 spiro atoms. The summed E-state index contributed by atoms with van der Waals surface area (Å²) >= 11 is -0.556. The van der Waals surface area contributed by atoms with Gasteiger partial charge in [-0.2, -0.15) is 0 Å². The van der Waals surface area contributed by atoms with Gasteiger partial charge in [0.25, 0.3) is 0 Å². The summed E-state index contributed by atoms with van der Waals surface area (Å²) in [5, 5.41) is 0. The van der Waals surface area contributed by atoms with Gasteiger partial charge in [-0.05, 0) is 37.0 Å². The summed E-state index contributed by atoms with van der Waals surface area (Å²) in [6.07, 6.45) is 16.7. The summed E-state index contributed by atoms with van der Waals surface area (Å²) in [6.45, 7) is 15.6. The molecule has 4 unspecified atom stereocenters. The number of fused-ring (bicyclic) bond motifs is 1. The van der Waals surface area contributed by atoms with Gasteiger partial charge >= 0.3 is 35.6 Å². The number of hydrogen-bond acceptors (Lipinski definition) is 0. The van der Waals surface area contributed by atoms with Gasteiger partial charge in [0.05, 0.1) is 0 Å². The molecule has 0 aliphatic heterocycles. The Kier molecular flexibility index (Phi) is 10.3. The molecule has 0 N–H and O–H groups in total. The third-order valence-electron chi connectivity index (χ3n) is 5.30. The maximum absolute atomic E-state index is 5.31. The minimum atomic E-state index is -1.58. The van der Waals surface area contributed by atoms with E-state index in [2.05, 4.69) is 70.8 Å². The molecule has 25 heavy (non-hydrogen) atoms. The molecule has 0 aromatic carbocycles. The van der Waals surface area contributed by atoms with Crippen molar-refractivity contribution in [1.82, 2.24) is 0 Å². The van der Waals surface area contributed by atoms with Crippen LogP contribution in [0.5, 0.6) is 0 Å². The SMILES string of the molecule is C=CCCCC1CC([Si](C)(C)[N-]C(C)(C)C)C2C=CC=CC12.[Cl][Ti][Cl]. The summed E-state index contributed by atoms with van der Waals surface area (Å²) < 4.78 is 0. The van der Waals surface area contributed by atoms with Crippen molar-refractivity contribution in [2.75, 3.05) is 0 Å². The molecule has 1 fully saturated rings. The summed E-state index contributed by atoms with van der Waals surface area (Å²) in [4.78, 5) is 5.31. The Bertz CT molecular complexity index is 471. The van der Waals surface area contributed by atoms with E-state index in [1.165, 1.54) is 19.3 Å². The van der Waals surface area contributed by atoms with E-state index in [9.17, 15) is 0 Å². The van der Waals surface area contributed by atoms with Crippen molar-refractivity contribution >= 4 is 26.8 Å². The zero-order chi connectivity index (χ0) is 19.1. The van der Waals surface area contributed by atoms with Crippen LogP contribution in [0.2, 0.25) is 18.6 Å². The summed E-state index contributed by atoms with van der Waals surface area (Å²) in [5.41, 5.74) is 0.895. The fourth-order valence-electron chi connectivity index (χ4n) is 4.70. The van der Waals surface area contributed by atoms with Crippen LogP contribution in [0.1, 0.15) is 46.5 Å². The number of nitrogens with zero attached hydrogens (tertiary/aromatic N) is 1. The number of rotatable bonds is 6. The Hall–Kier alpha value is 0.691. The third-order valence-corrected chi connectivity index (χ3v) is 8.98. The van der Waals surface area contributed by atoms with Gasteiger partial charge in [-0.15, -0.1) is 12.1 Å². The molecule has 2 aliphatic carbocycles. The van der Waals surface area contributed by atoms with Gasteiger partial charge in [0.1, 0.15) is 0 Å². The first-order valence-corrected chi connectivity index (χ1v) is 16.6. The molecule has 2 aliphatic rings. The average molecular weight is 435 g/mol. The fraction of sp³-hybridized carbons (Fsp3) is 0.700. The second-order valence-electron chi connectivity index (χ2n) is 8.75. The molecule has 0 aromatic heterocycles. The molecular formula is C20H34Cl2NSiTi-. The Morgan fingerprint density at radius 1 is 1.20 bits per heavy atom. The second kappa shape index (κ2) is 10.9. The van der Waals surface area contributed by atoms with E-state index < -0.39 is 25.3 Å². The Morgan fingerprint density at radius 2 is 1.76 bits per heavy atom. The maximum atomic E-state index is 5.31. The van der Waals surface area contributed by atoms with Crippen molar-refractivity contribution < 1.29 is 17.0 Å². The van der Waals surface area contributed by atoms with E-state index in [0.29, 0.717) is 0 Å². The Balaban J connectivity index is 0.000000970. The van der Waals surface area contributed by atoms with Crippen LogP contribution < -0.4 is 0 Å². The average Bonchev–Trinajstić information content (AvgIpc) is 2.86. The number of hydrogen-bond donors (Lipinski definition) is 0. The number of allylic oxidation sites excluding steroid dienone is 5. The molecule has 142 valence electrons. The molecule has 1 saturated carbocycles. The molecule has 1 nitrogen and oxygen atoms in total. The van der Waals surface area contributed by atoms with E-state index in [1.807, 2.05) is 0 Å². The predicted molar refractivity (Wildman–Crippen MR) is 113 cm³/mol. The Labute approximate surface area is 173 Å². The van der Waals surface area contributed by atoms with Gasteiger partial charge in [-0.25, -0.2) is 0 Å². The van der Waals surface area contributed by atoms with Gasteiger partial charge in [0, 0.05) is 0 Å². The van der Waals surface area contributed by atoms with Crippen LogP contribution in [0.15, 0.2) is 37.0 Å². The van der Waals surface area contributed by atoms with Crippen LogP contribution in [0, 0.1) is 17.8 Å². The van der Waals surface area contributed by atoms with Gasteiger partial charge < -0.3 is 4.98 Å². The summed E-state index contributed by atoms with van der Waals surface area (Å²) in [7, 11) is 8.19. The first kappa shape index (κ1) is 23.7. The first-order valence-electron chi connectivity index (χ1n) is 9.32. The quantitative estimate of drug-likeness (QED) is 0.229. The molecule has 0 saturated heterocycles. The van der Waals surface area contributed by atoms with E-state index in [-0.39, 0.29) is 5.54 Å². The van der Waals surface area contributed by atoms with Crippen LogP contribution in [-0.4, -0.2) is 13.8 Å². The molecule has 0 heterocycles. The molecule has 5 heteroatoms. The summed E-state index contributed by atoms with van der Waals surface area (Å²) in [5.74, 6) is 2.33. The predicted octanol–water partition coefficient (Wildman–Crippen LogP) is 7.85. The van der Waals surface area contributed by atoms with Gasteiger partial charge in [0.2, 0.25) is 0 Å². The van der Waals surface area contributed by atoms with Crippen molar-refractivity contribution in [1.29, 1.82) is 0 Å². The molecule has 0 radical (unpaired) electrons. The van der Waals surface area contributed by atoms with Crippen molar-refractivity contribution in [2.24, 2.45) is 17.8 Å². The zero-order valence-electron chi connectivity index (χ0n) is 16.4. The van der Waals surface area contributed by atoms with E-state index in [0.717, 1.165) is 29.7 Å². The van der Waals surface area contributed by atoms with Crippen molar-refractivity contribution in [3.8, 4) is 0 Å². The second-order valence-corrected chi connectivity index (χ2v) is 15.6. The molecule has 0 aromatic rings. The van der Waals surface area contributed by atoms with E-state index in [4.69, 9.17) is 23.6 Å². The standard InChI is InChI=1S/C20H34NSi.2ClH.Ti/c1-7-8-9-12-16-15-19(18-14-11-10-13-17(16)18)22(5,6)21-20(2,3)4;;;/h7,10-11,13-14,16-19H,1,8-9,12,15H2,2-6H3;2*1H;/q-1;;;+2/p-2. The van der Waals surface area contributed by atoms with Crippen LogP contribution in [0.25, 0.3) is 4.98 Å². The van der Waals surface area contributed by atoms with Gasteiger partial charge in [-0.3, -0.25) is 0 Å². The molecule has 0 amide bonds. The third kappa shape index (κ3) is 7.68. The first-order chi connectivity index (χ1) is 11.7. The normalized spacial score (nSPS) is 28.1. The van der Waals surface area contributed by atoms with Crippen LogP contribution in [0.3, 0.4) is 0 Å². The number of unbranched alkanes of at least 4 members (excludes halogenated alkanes) is 1. The number of halogens is 2.